The van der Waals surface area contributed by atoms with Gasteiger partial charge in [-0.15, -0.1) is 0 Å². The van der Waals surface area contributed by atoms with Gasteiger partial charge in [-0.3, -0.25) is 4.79 Å². The highest BCUT2D eigenvalue weighted by Gasteiger charge is 2.32. The lowest BCUT2D eigenvalue weighted by Crippen LogP contribution is -2.43. The number of nitrogens with one attached hydrogen (secondary N) is 1. The lowest BCUT2D eigenvalue weighted by atomic mass is 9.90. The van der Waals surface area contributed by atoms with Crippen LogP contribution in [0.2, 0.25) is 0 Å². The molecule has 0 fully saturated rings. The van der Waals surface area contributed by atoms with Crippen molar-refractivity contribution < 1.29 is 4.79 Å². The van der Waals surface area contributed by atoms with E-state index in [-0.39, 0.29) is 18.0 Å². The van der Waals surface area contributed by atoms with Crippen molar-refractivity contribution in [2.75, 3.05) is 10.2 Å². The van der Waals surface area contributed by atoms with Gasteiger partial charge in [-0.1, -0.05) is 17.7 Å². The molecule has 0 radical (unpaired) electrons. The molecular weight excluding hydrogens is 298 g/mol. The van der Waals surface area contributed by atoms with Gasteiger partial charge in [-0.05, 0) is 56.2 Å². The summed E-state index contributed by atoms with van der Waals surface area (Å²) in [7, 11) is 0. The number of amides is 1. The Morgan fingerprint density at radius 1 is 1.25 bits per heavy atom. The van der Waals surface area contributed by atoms with E-state index >= 15 is 0 Å². The maximum Gasteiger partial charge on any atom is 0.224 e. The zero-order chi connectivity index (χ0) is 17.3. The molecule has 1 amide bonds. The maximum absolute atomic E-state index is 12.1. The number of fused-ring (bicyclic) bond motifs is 1. The van der Waals surface area contributed by atoms with E-state index in [0.29, 0.717) is 5.56 Å². The quantitative estimate of drug-likeness (QED) is 0.904. The highest BCUT2D eigenvalue weighted by atomic mass is 16.2. The molecule has 122 valence electrons. The van der Waals surface area contributed by atoms with Crippen LogP contribution in [0.4, 0.5) is 11.4 Å². The molecule has 1 heterocycles. The Morgan fingerprint density at radius 3 is 2.58 bits per heavy atom. The Morgan fingerprint density at radius 2 is 1.96 bits per heavy atom. The van der Waals surface area contributed by atoms with Crippen LogP contribution in [0.3, 0.4) is 0 Å². The monoisotopic (exact) mass is 319 g/mol. The fourth-order valence-electron chi connectivity index (χ4n) is 3.44. The molecule has 24 heavy (non-hydrogen) atoms. The summed E-state index contributed by atoms with van der Waals surface area (Å²) >= 11 is 0. The second-order valence-electron chi connectivity index (χ2n) is 6.42. The molecule has 1 N–H and O–H groups in total. The molecule has 0 saturated carbocycles. The number of aryl methyl sites for hydroxylation is 1. The van der Waals surface area contributed by atoms with E-state index in [4.69, 9.17) is 5.26 Å². The van der Waals surface area contributed by atoms with Crippen molar-refractivity contribution in [2.45, 2.75) is 39.3 Å². The maximum atomic E-state index is 12.1. The van der Waals surface area contributed by atoms with Crippen LogP contribution in [-0.4, -0.2) is 11.9 Å². The third-order valence-electron chi connectivity index (χ3n) is 4.53. The first-order chi connectivity index (χ1) is 11.5. The van der Waals surface area contributed by atoms with Gasteiger partial charge in [-0.2, -0.15) is 5.26 Å². The summed E-state index contributed by atoms with van der Waals surface area (Å²) in [6, 6.07) is 16.1. The molecule has 4 heteroatoms. The predicted octanol–water partition coefficient (Wildman–Crippen LogP) is 4.17. The summed E-state index contributed by atoms with van der Waals surface area (Å²) in [5.41, 5.74) is 4.94. The fraction of sp³-hybridized carbons (Fsp3) is 0.300. The van der Waals surface area contributed by atoms with Gasteiger partial charge in [0.25, 0.3) is 0 Å². The van der Waals surface area contributed by atoms with Crippen LogP contribution < -0.4 is 10.2 Å². The Hall–Kier alpha value is -2.80. The third-order valence-corrected chi connectivity index (χ3v) is 4.53. The van der Waals surface area contributed by atoms with Gasteiger partial charge in [0.1, 0.15) is 0 Å². The normalized spacial score (nSPS) is 19.3. The molecule has 3 rings (SSSR count). The van der Waals surface area contributed by atoms with Gasteiger partial charge in [0, 0.05) is 24.3 Å². The van der Waals surface area contributed by atoms with Crippen LogP contribution in [0, 0.1) is 18.3 Å². The molecule has 2 atom stereocenters. The lowest BCUT2D eigenvalue weighted by Gasteiger charge is -2.39. The smallest absolute Gasteiger partial charge is 0.224 e. The number of rotatable bonds is 2. The van der Waals surface area contributed by atoms with Gasteiger partial charge in [0.05, 0.1) is 17.7 Å². The first kappa shape index (κ1) is 16.1. The third kappa shape index (κ3) is 2.98. The molecule has 0 aromatic heterocycles. The van der Waals surface area contributed by atoms with Gasteiger partial charge in [0.2, 0.25) is 5.91 Å². The van der Waals surface area contributed by atoms with Crippen molar-refractivity contribution in [3.05, 3.63) is 59.2 Å². The zero-order valence-electron chi connectivity index (χ0n) is 14.2. The highest BCUT2D eigenvalue weighted by Crippen LogP contribution is 2.39. The summed E-state index contributed by atoms with van der Waals surface area (Å²) in [6.45, 7) is 5.77. The van der Waals surface area contributed by atoms with Gasteiger partial charge >= 0.3 is 0 Å². The Balaban J connectivity index is 1.96. The number of nitriles is 1. The SMILES string of the molecule is CC(=O)N1c2ccc(C)cc2[C@@H](Nc2ccc(C#N)cc2)C[C@H]1C. The van der Waals surface area contributed by atoms with Gasteiger partial charge in [0.15, 0.2) is 0 Å². The van der Waals surface area contributed by atoms with Crippen molar-refractivity contribution in [2.24, 2.45) is 0 Å². The highest BCUT2D eigenvalue weighted by molar-refractivity contribution is 5.93. The van der Waals surface area contributed by atoms with Crippen LogP contribution in [-0.2, 0) is 4.79 Å². The standard InChI is InChI=1S/C20H21N3O/c1-13-4-9-20-18(10-13)19(11-14(2)23(20)15(3)24)22-17-7-5-16(12-21)6-8-17/h4-10,14,19,22H,11H2,1-3H3/t14-,19+/m1/s1. The average molecular weight is 319 g/mol. The van der Waals surface area contributed by atoms with Crippen LogP contribution >= 0.6 is 0 Å². The molecule has 0 aliphatic carbocycles. The number of anilines is 2. The van der Waals surface area contributed by atoms with Crippen molar-refractivity contribution in [1.82, 2.24) is 0 Å². The summed E-state index contributed by atoms with van der Waals surface area (Å²) in [6.07, 6.45) is 0.843. The zero-order valence-corrected chi connectivity index (χ0v) is 14.2. The minimum atomic E-state index is 0.0735. The largest absolute Gasteiger partial charge is 0.378 e. The molecule has 0 saturated heterocycles. The van der Waals surface area contributed by atoms with E-state index in [1.807, 2.05) is 41.3 Å². The molecule has 4 nitrogen and oxygen atoms in total. The number of hydrogen-bond donors (Lipinski definition) is 1. The van der Waals surface area contributed by atoms with Crippen LogP contribution in [0.1, 0.15) is 43.0 Å². The van der Waals surface area contributed by atoms with E-state index in [1.165, 1.54) is 5.56 Å². The Kier molecular flexibility index (Phi) is 4.26. The van der Waals surface area contributed by atoms with Crippen LogP contribution in [0.15, 0.2) is 42.5 Å². The first-order valence-electron chi connectivity index (χ1n) is 8.16. The molecule has 2 aromatic rings. The predicted molar refractivity (Wildman–Crippen MR) is 95.9 cm³/mol. The summed E-state index contributed by atoms with van der Waals surface area (Å²) in [5, 5.41) is 12.5. The summed E-state index contributed by atoms with van der Waals surface area (Å²) < 4.78 is 0. The van der Waals surface area contributed by atoms with Gasteiger partial charge in [-0.25, -0.2) is 0 Å². The average Bonchev–Trinajstić information content (AvgIpc) is 2.55. The minimum absolute atomic E-state index is 0.0735. The molecule has 0 bridgehead atoms. The topological polar surface area (TPSA) is 56.1 Å². The molecule has 0 spiro atoms. The molecule has 2 aromatic carbocycles. The minimum Gasteiger partial charge on any atom is -0.378 e. The molecule has 0 unspecified atom stereocenters. The molecular formula is C20H21N3O. The summed E-state index contributed by atoms with van der Waals surface area (Å²) in [5.74, 6) is 0.0735. The van der Waals surface area contributed by atoms with Crippen molar-refractivity contribution in [1.29, 1.82) is 5.26 Å². The number of nitrogens with zero attached hydrogens (tertiary/aromatic N) is 2. The van der Waals surface area contributed by atoms with E-state index in [9.17, 15) is 4.79 Å². The second-order valence-corrected chi connectivity index (χ2v) is 6.42. The second kappa shape index (κ2) is 6.37. The Bertz CT molecular complexity index is 805. The fourth-order valence-corrected chi connectivity index (χ4v) is 3.44. The molecule has 1 aliphatic heterocycles. The lowest BCUT2D eigenvalue weighted by molar-refractivity contribution is -0.117. The number of hydrogen-bond acceptors (Lipinski definition) is 3. The summed E-state index contributed by atoms with van der Waals surface area (Å²) in [4.78, 5) is 13.9. The van der Waals surface area contributed by atoms with E-state index in [0.717, 1.165) is 23.4 Å². The van der Waals surface area contributed by atoms with Crippen molar-refractivity contribution in [3.8, 4) is 6.07 Å². The first-order valence-corrected chi connectivity index (χ1v) is 8.16. The Labute approximate surface area is 142 Å². The number of carbonyl (C=O) groups is 1. The number of carbonyl (C=O) groups excluding carboxylic acids is 1. The van der Waals surface area contributed by atoms with Crippen molar-refractivity contribution >= 4 is 17.3 Å². The van der Waals surface area contributed by atoms with E-state index < -0.39 is 0 Å². The number of benzene rings is 2. The van der Waals surface area contributed by atoms with Crippen molar-refractivity contribution in [3.63, 3.8) is 0 Å². The van der Waals surface area contributed by atoms with Crippen LogP contribution in [0.5, 0.6) is 0 Å². The van der Waals surface area contributed by atoms with Crippen LogP contribution in [0.25, 0.3) is 0 Å². The molecule has 1 aliphatic rings. The van der Waals surface area contributed by atoms with E-state index in [1.54, 1.807) is 6.92 Å². The van der Waals surface area contributed by atoms with Gasteiger partial charge < -0.3 is 10.2 Å². The van der Waals surface area contributed by atoms with E-state index in [2.05, 4.69) is 31.3 Å².